The fraction of sp³-hybridized carbons (Fsp3) is 0.190. The minimum atomic E-state index is -0.685. The van der Waals surface area contributed by atoms with Crippen LogP contribution in [0.3, 0.4) is 0 Å². The monoisotopic (exact) mass is 408 g/mol. The first kappa shape index (κ1) is 20.9. The molecule has 0 atom stereocenters. The first-order valence-corrected chi connectivity index (χ1v) is 9.07. The first-order chi connectivity index (χ1) is 14.4. The van der Waals surface area contributed by atoms with E-state index < -0.39 is 17.1 Å². The molecule has 3 aromatic rings. The Hall–Kier alpha value is -3.85. The molecule has 0 unspecified atom stereocenters. The van der Waals surface area contributed by atoms with Crippen molar-refractivity contribution in [1.29, 1.82) is 0 Å². The van der Waals surface area contributed by atoms with Crippen LogP contribution in [0.1, 0.15) is 26.5 Å². The fourth-order valence-electron chi connectivity index (χ4n) is 2.84. The summed E-state index contributed by atoms with van der Waals surface area (Å²) in [6.45, 7) is 0.717. The van der Waals surface area contributed by atoms with E-state index in [1.807, 2.05) is 0 Å². The van der Waals surface area contributed by atoms with Gasteiger partial charge in [0.25, 0.3) is 11.5 Å². The minimum Gasteiger partial charge on any atom is -0.506 e. The number of carbonyl (C=O) groups excluding carboxylic acids is 2. The van der Waals surface area contributed by atoms with E-state index in [9.17, 15) is 19.5 Å². The van der Waals surface area contributed by atoms with Crippen molar-refractivity contribution in [1.82, 2.24) is 19.9 Å². The number of nitrogens with zero attached hydrogens (tertiary/aromatic N) is 3. The maximum atomic E-state index is 12.6. The van der Waals surface area contributed by atoms with E-state index in [1.54, 1.807) is 30.3 Å². The molecule has 3 rings (SSSR count). The number of fused-ring (bicyclic) bond motifs is 1. The number of amides is 1. The van der Waals surface area contributed by atoms with Crippen molar-refractivity contribution in [2.24, 2.45) is 7.05 Å². The van der Waals surface area contributed by atoms with Gasteiger partial charge in [-0.25, -0.2) is 9.97 Å². The van der Waals surface area contributed by atoms with Gasteiger partial charge in [-0.2, -0.15) is 0 Å². The molecule has 0 spiro atoms. The van der Waals surface area contributed by atoms with E-state index >= 15 is 0 Å². The Bertz CT molecular complexity index is 1200. The average molecular weight is 408 g/mol. The number of aromatic hydroxyl groups is 1. The number of carbonyl (C=O) groups is 2. The molecule has 9 heteroatoms. The maximum Gasteiger partial charge on any atom is 0.269 e. The summed E-state index contributed by atoms with van der Waals surface area (Å²) in [5, 5.41) is 13.4. The number of nitrogens with one attached hydrogen (secondary N) is 1. The van der Waals surface area contributed by atoms with Gasteiger partial charge in [0.1, 0.15) is 22.7 Å². The van der Waals surface area contributed by atoms with Crippen molar-refractivity contribution in [2.75, 3.05) is 20.3 Å². The number of ether oxygens (including phenoxy) is 1. The Balaban J connectivity index is 1.88. The Labute approximate surface area is 171 Å². The second-order valence-corrected chi connectivity index (χ2v) is 6.36. The van der Waals surface area contributed by atoms with Crippen LogP contribution in [0, 0.1) is 0 Å². The molecular weight excluding hydrogens is 388 g/mol. The summed E-state index contributed by atoms with van der Waals surface area (Å²) in [5.41, 5.74) is -0.220. The van der Waals surface area contributed by atoms with Crippen molar-refractivity contribution in [3.63, 3.8) is 0 Å². The van der Waals surface area contributed by atoms with E-state index in [0.29, 0.717) is 24.2 Å². The zero-order valence-corrected chi connectivity index (χ0v) is 16.5. The predicted octanol–water partition coefficient (Wildman–Crippen LogP) is 1.31. The molecule has 0 fully saturated rings. The lowest BCUT2D eigenvalue weighted by molar-refractivity contribution is 0.0931. The van der Waals surface area contributed by atoms with Gasteiger partial charge < -0.3 is 15.2 Å². The second-order valence-electron chi connectivity index (χ2n) is 6.36. The van der Waals surface area contributed by atoms with Crippen LogP contribution < -0.4 is 10.9 Å². The fourth-order valence-corrected chi connectivity index (χ4v) is 2.84. The molecule has 9 nitrogen and oxygen atoms in total. The zero-order chi connectivity index (χ0) is 21.7. The standard InChI is InChI=1S/C21H20N4O5/c1-25-19-14(6-4-10-22-19)18(27)17(21(25)29)16(26)9-8-13-5-3-7-15(24-13)20(28)23-11-12-30-2/h3-10,27H,11-12H2,1-2H3,(H,23,28). The molecule has 1 amide bonds. The van der Waals surface area contributed by atoms with Crippen LogP contribution >= 0.6 is 0 Å². The van der Waals surface area contributed by atoms with E-state index in [1.165, 1.54) is 31.0 Å². The first-order valence-electron chi connectivity index (χ1n) is 9.07. The molecule has 2 N–H and O–H groups in total. The van der Waals surface area contributed by atoms with Crippen LogP contribution in [0.2, 0.25) is 0 Å². The number of ketones is 1. The lowest BCUT2D eigenvalue weighted by Crippen LogP contribution is -2.27. The quantitative estimate of drug-likeness (QED) is 0.343. The minimum absolute atomic E-state index is 0.177. The summed E-state index contributed by atoms with van der Waals surface area (Å²) in [5.74, 6) is -1.48. The number of methoxy groups -OCH3 is 1. The summed E-state index contributed by atoms with van der Waals surface area (Å²) < 4.78 is 6.09. The summed E-state index contributed by atoms with van der Waals surface area (Å²) in [6.07, 6.45) is 4.00. The van der Waals surface area contributed by atoms with Gasteiger partial charge in [-0.3, -0.25) is 19.0 Å². The van der Waals surface area contributed by atoms with Gasteiger partial charge in [0, 0.05) is 26.9 Å². The van der Waals surface area contributed by atoms with Crippen LogP contribution in [0.25, 0.3) is 17.1 Å². The number of hydrogen-bond acceptors (Lipinski definition) is 7. The van der Waals surface area contributed by atoms with Gasteiger partial charge in [-0.15, -0.1) is 0 Å². The summed E-state index contributed by atoms with van der Waals surface area (Å²) in [6, 6.07) is 7.95. The highest BCUT2D eigenvalue weighted by Gasteiger charge is 2.19. The lowest BCUT2D eigenvalue weighted by Gasteiger charge is -2.08. The zero-order valence-electron chi connectivity index (χ0n) is 16.5. The van der Waals surface area contributed by atoms with E-state index in [-0.39, 0.29) is 22.8 Å². The molecule has 0 bridgehead atoms. The molecule has 0 radical (unpaired) electrons. The average Bonchev–Trinajstić information content (AvgIpc) is 2.76. The van der Waals surface area contributed by atoms with Crippen LogP contribution in [-0.4, -0.2) is 51.6 Å². The second kappa shape index (κ2) is 9.10. The Morgan fingerprint density at radius 3 is 2.83 bits per heavy atom. The number of hydrogen-bond donors (Lipinski definition) is 2. The molecule has 0 aliphatic heterocycles. The van der Waals surface area contributed by atoms with Crippen molar-refractivity contribution in [2.45, 2.75) is 0 Å². The Kier molecular flexibility index (Phi) is 6.33. The van der Waals surface area contributed by atoms with Crippen LogP contribution in [0.4, 0.5) is 0 Å². The molecule has 0 saturated heterocycles. The van der Waals surface area contributed by atoms with Gasteiger partial charge in [0.15, 0.2) is 5.78 Å². The smallest absolute Gasteiger partial charge is 0.269 e. The highest BCUT2D eigenvalue weighted by Crippen LogP contribution is 2.25. The molecule has 30 heavy (non-hydrogen) atoms. The third-order valence-corrected chi connectivity index (χ3v) is 4.36. The maximum absolute atomic E-state index is 12.6. The third-order valence-electron chi connectivity index (χ3n) is 4.36. The third kappa shape index (κ3) is 4.26. The SMILES string of the molecule is COCCNC(=O)c1cccc(C=CC(=O)c2c(O)c3cccnc3n(C)c2=O)n1. The predicted molar refractivity (Wildman–Crippen MR) is 110 cm³/mol. The number of allylic oxidation sites excluding steroid dienone is 1. The van der Waals surface area contributed by atoms with Crippen LogP contribution in [0.15, 0.2) is 47.4 Å². The van der Waals surface area contributed by atoms with Crippen molar-refractivity contribution < 1.29 is 19.4 Å². The molecule has 0 saturated carbocycles. The number of rotatable bonds is 7. The molecule has 3 aromatic heterocycles. The van der Waals surface area contributed by atoms with Crippen LogP contribution in [-0.2, 0) is 11.8 Å². The van der Waals surface area contributed by atoms with Crippen LogP contribution in [0.5, 0.6) is 5.75 Å². The molecule has 154 valence electrons. The molecule has 3 heterocycles. The van der Waals surface area contributed by atoms with E-state index in [4.69, 9.17) is 4.74 Å². The number of pyridine rings is 3. The molecule has 0 aliphatic rings. The molecule has 0 aliphatic carbocycles. The van der Waals surface area contributed by atoms with Crippen molar-refractivity contribution >= 4 is 28.8 Å². The van der Waals surface area contributed by atoms with Gasteiger partial charge in [-0.1, -0.05) is 6.07 Å². The number of aromatic nitrogens is 3. The van der Waals surface area contributed by atoms with E-state index in [0.717, 1.165) is 6.08 Å². The van der Waals surface area contributed by atoms with Gasteiger partial charge >= 0.3 is 0 Å². The summed E-state index contributed by atoms with van der Waals surface area (Å²) in [7, 11) is 3.01. The van der Waals surface area contributed by atoms with Gasteiger partial charge in [0.2, 0.25) is 0 Å². The highest BCUT2D eigenvalue weighted by molar-refractivity contribution is 6.10. The Morgan fingerprint density at radius 1 is 1.27 bits per heavy atom. The molecule has 0 aromatic carbocycles. The summed E-state index contributed by atoms with van der Waals surface area (Å²) >= 11 is 0. The Morgan fingerprint density at radius 2 is 2.07 bits per heavy atom. The van der Waals surface area contributed by atoms with Gasteiger partial charge in [-0.05, 0) is 36.4 Å². The van der Waals surface area contributed by atoms with E-state index in [2.05, 4.69) is 15.3 Å². The lowest BCUT2D eigenvalue weighted by atomic mass is 10.1. The number of aryl methyl sites for hydroxylation is 1. The van der Waals surface area contributed by atoms with Crippen molar-refractivity contribution in [3.05, 3.63) is 69.9 Å². The normalized spacial score (nSPS) is 11.1. The largest absolute Gasteiger partial charge is 0.506 e. The highest BCUT2D eigenvalue weighted by atomic mass is 16.5. The molecular formula is C21H20N4O5. The summed E-state index contributed by atoms with van der Waals surface area (Å²) in [4.78, 5) is 45.5. The van der Waals surface area contributed by atoms with Gasteiger partial charge in [0.05, 0.1) is 17.7 Å². The topological polar surface area (TPSA) is 123 Å². The van der Waals surface area contributed by atoms with Crippen molar-refractivity contribution in [3.8, 4) is 5.75 Å².